The number of unbranched alkanes of at least 4 members (excludes halogenated alkanes) is 3. The predicted molar refractivity (Wildman–Crippen MR) is 106 cm³/mol. The van der Waals surface area contributed by atoms with Crippen molar-refractivity contribution in [2.75, 3.05) is 13.6 Å². The van der Waals surface area contributed by atoms with Gasteiger partial charge in [0.1, 0.15) is 6.29 Å². The normalized spacial score (nSPS) is 13.8. The summed E-state index contributed by atoms with van der Waals surface area (Å²) in [6.07, 6.45) is 6.99. The Morgan fingerprint density at radius 3 is 2.71 bits per heavy atom. The lowest BCUT2D eigenvalue weighted by Gasteiger charge is -2.22. The van der Waals surface area contributed by atoms with E-state index in [4.69, 9.17) is 0 Å². The van der Waals surface area contributed by atoms with E-state index < -0.39 is 6.04 Å². The molecule has 0 spiro atoms. The van der Waals surface area contributed by atoms with E-state index in [2.05, 4.69) is 10.6 Å². The second kappa shape index (κ2) is 11.2. The Bertz CT molecular complexity index is 705. The summed E-state index contributed by atoms with van der Waals surface area (Å²) in [5.74, 6) is -0.272. The average molecular weight is 387 g/mol. The summed E-state index contributed by atoms with van der Waals surface area (Å²) in [6, 6.07) is 5.16. The molecule has 1 aliphatic rings. The lowest BCUT2D eigenvalue weighted by atomic mass is 9.98. The number of carbonyl (C=O) groups excluding carboxylic acids is 4. The van der Waals surface area contributed by atoms with Crippen molar-refractivity contribution < 1.29 is 19.2 Å². The van der Waals surface area contributed by atoms with Crippen LogP contribution in [-0.4, -0.2) is 49.0 Å². The van der Waals surface area contributed by atoms with Gasteiger partial charge >= 0.3 is 0 Å². The van der Waals surface area contributed by atoms with Crippen LogP contribution in [0.15, 0.2) is 18.2 Å². The SMILES string of the molecule is CNC(=O)CCC(C=O)N1Cc2c(CCCCCCNC=O)cccc2C1=O. The van der Waals surface area contributed by atoms with E-state index in [9.17, 15) is 19.2 Å². The Balaban J connectivity index is 1.94. The first kappa shape index (κ1) is 21.6. The highest BCUT2D eigenvalue weighted by atomic mass is 16.2. The van der Waals surface area contributed by atoms with Crippen molar-refractivity contribution in [1.29, 1.82) is 0 Å². The number of carbonyl (C=O) groups is 4. The minimum absolute atomic E-state index is 0.134. The number of aryl methyl sites for hydroxylation is 1. The van der Waals surface area contributed by atoms with E-state index in [-0.39, 0.29) is 18.2 Å². The molecule has 2 rings (SSSR count). The monoisotopic (exact) mass is 387 g/mol. The molecule has 0 saturated carbocycles. The molecule has 1 aromatic carbocycles. The number of rotatable bonds is 13. The van der Waals surface area contributed by atoms with Gasteiger partial charge in [-0.2, -0.15) is 0 Å². The highest BCUT2D eigenvalue weighted by Crippen LogP contribution is 2.29. The molecule has 7 nitrogen and oxygen atoms in total. The fourth-order valence-electron chi connectivity index (χ4n) is 3.58. The standard InChI is InChI=1S/C21H29N3O4/c1-22-20(27)11-10-17(14-25)24-13-19-16(8-6-9-18(19)21(24)28)7-4-2-3-5-12-23-15-26/h6,8-9,14-15,17H,2-5,7,10-13H2,1H3,(H,22,27)(H,23,26). The lowest BCUT2D eigenvalue weighted by Crippen LogP contribution is -2.37. The summed E-state index contributed by atoms with van der Waals surface area (Å²) in [4.78, 5) is 47.6. The molecule has 7 heteroatoms. The van der Waals surface area contributed by atoms with Gasteiger partial charge < -0.3 is 20.3 Å². The fraction of sp³-hybridized carbons (Fsp3) is 0.524. The van der Waals surface area contributed by atoms with Crippen molar-refractivity contribution in [2.45, 2.75) is 57.5 Å². The van der Waals surface area contributed by atoms with Crippen molar-refractivity contribution in [3.63, 3.8) is 0 Å². The maximum Gasteiger partial charge on any atom is 0.255 e. The van der Waals surface area contributed by atoms with Crippen LogP contribution in [0.25, 0.3) is 0 Å². The summed E-state index contributed by atoms with van der Waals surface area (Å²) in [6.45, 7) is 1.13. The minimum atomic E-state index is -0.588. The zero-order valence-corrected chi connectivity index (χ0v) is 16.4. The molecule has 0 saturated heterocycles. The summed E-state index contributed by atoms with van der Waals surface area (Å²) in [7, 11) is 1.56. The van der Waals surface area contributed by atoms with Crippen molar-refractivity contribution in [2.24, 2.45) is 0 Å². The number of amides is 3. The molecular formula is C21H29N3O4. The maximum atomic E-state index is 12.8. The van der Waals surface area contributed by atoms with Gasteiger partial charge in [-0.1, -0.05) is 25.0 Å². The minimum Gasteiger partial charge on any atom is -0.359 e. The van der Waals surface area contributed by atoms with Crippen molar-refractivity contribution >= 4 is 24.5 Å². The Labute approximate surface area is 165 Å². The number of hydrogen-bond donors (Lipinski definition) is 2. The van der Waals surface area contributed by atoms with Crippen LogP contribution in [0, 0.1) is 0 Å². The van der Waals surface area contributed by atoms with E-state index in [1.807, 2.05) is 18.2 Å². The van der Waals surface area contributed by atoms with Crippen LogP contribution in [0.1, 0.15) is 60.0 Å². The molecule has 0 aliphatic carbocycles. The van der Waals surface area contributed by atoms with Crippen molar-refractivity contribution in [3.05, 3.63) is 34.9 Å². The quantitative estimate of drug-likeness (QED) is 0.397. The molecule has 1 heterocycles. The smallest absolute Gasteiger partial charge is 0.255 e. The predicted octanol–water partition coefficient (Wildman–Crippen LogP) is 1.58. The molecule has 0 fully saturated rings. The number of nitrogens with zero attached hydrogens (tertiary/aromatic N) is 1. The third-order valence-corrected chi connectivity index (χ3v) is 5.20. The molecule has 1 unspecified atom stereocenters. The summed E-state index contributed by atoms with van der Waals surface area (Å²) >= 11 is 0. The second-order valence-corrected chi connectivity index (χ2v) is 7.03. The van der Waals surface area contributed by atoms with E-state index in [0.717, 1.165) is 55.9 Å². The van der Waals surface area contributed by atoms with Gasteiger partial charge in [0.05, 0.1) is 6.04 Å². The number of benzene rings is 1. The largest absolute Gasteiger partial charge is 0.359 e. The van der Waals surface area contributed by atoms with Gasteiger partial charge in [0.25, 0.3) is 5.91 Å². The second-order valence-electron chi connectivity index (χ2n) is 7.03. The van der Waals surface area contributed by atoms with Gasteiger partial charge in [-0.25, -0.2) is 0 Å². The molecule has 0 bridgehead atoms. The molecule has 1 atom stereocenters. The Hall–Kier alpha value is -2.70. The van der Waals surface area contributed by atoms with Gasteiger partial charge in [-0.3, -0.25) is 14.4 Å². The number of fused-ring (bicyclic) bond motifs is 1. The highest BCUT2D eigenvalue weighted by Gasteiger charge is 2.33. The van der Waals surface area contributed by atoms with Crippen LogP contribution in [-0.2, 0) is 27.3 Å². The molecule has 3 amide bonds. The number of hydrogen-bond acceptors (Lipinski definition) is 4. The van der Waals surface area contributed by atoms with E-state index in [1.165, 1.54) is 0 Å². The number of aldehydes is 1. The van der Waals surface area contributed by atoms with Crippen LogP contribution in [0.5, 0.6) is 0 Å². The first-order valence-corrected chi connectivity index (χ1v) is 9.87. The molecule has 1 aromatic rings. The third kappa shape index (κ3) is 5.65. The number of nitrogens with one attached hydrogen (secondary N) is 2. The van der Waals surface area contributed by atoms with Crippen molar-refractivity contribution in [1.82, 2.24) is 15.5 Å². The van der Waals surface area contributed by atoms with Gasteiger partial charge in [-0.05, 0) is 42.9 Å². The van der Waals surface area contributed by atoms with Gasteiger partial charge in [0, 0.05) is 32.1 Å². The zero-order valence-electron chi connectivity index (χ0n) is 16.4. The van der Waals surface area contributed by atoms with Gasteiger partial charge in [0.15, 0.2) is 0 Å². The molecule has 1 aliphatic heterocycles. The highest BCUT2D eigenvalue weighted by molar-refractivity contribution is 6.00. The maximum absolute atomic E-state index is 12.8. The van der Waals surface area contributed by atoms with Crippen LogP contribution in [0.4, 0.5) is 0 Å². The zero-order chi connectivity index (χ0) is 20.4. The van der Waals surface area contributed by atoms with E-state index in [1.54, 1.807) is 11.9 Å². The van der Waals surface area contributed by atoms with Gasteiger partial charge in [-0.15, -0.1) is 0 Å². The van der Waals surface area contributed by atoms with Crippen LogP contribution < -0.4 is 10.6 Å². The molecule has 2 N–H and O–H groups in total. The lowest BCUT2D eigenvalue weighted by molar-refractivity contribution is -0.121. The summed E-state index contributed by atoms with van der Waals surface area (Å²) in [5.41, 5.74) is 2.82. The fourth-order valence-corrected chi connectivity index (χ4v) is 3.58. The Morgan fingerprint density at radius 1 is 1.21 bits per heavy atom. The van der Waals surface area contributed by atoms with Crippen molar-refractivity contribution in [3.8, 4) is 0 Å². The first-order chi connectivity index (χ1) is 13.6. The van der Waals surface area contributed by atoms with Crippen LogP contribution in [0.2, 0.25) is 0 Å². The first-order valence-electron chi connectivity index (χ1n) is 9.87. The summed E-state index contributed by atoms with van der Waals surface area (Å²) < 4.78 is 0. The molecule has 28 heavy (non-hydrogen) atoms. The Morgan fingerprint density at radius 2 is 2.00 bits per heavy atom. The summed E-state index contributed by atoms with van der Waals surface area (Å²) in [5, 5.41) is 5.20. The van der Waals surface area contributed by atoms with Crippen LogP contribution >= 0.6 is 0 Å². The third-order valence-electron chi connectivity index (χ3n) is 5.20. The Kier molecular flexibility index (Phi) is 8.65. The average Bonchev–Trinajstić information content (AvgIpc) is 3.05. The molecular weight excluding hydrogens is 358 g/mol. The van der Waals surface area contributed by atoms with Crippen LogP contribution in [0.3, 0.4) is 0 Å². The van der Waals surface area contributed by atoms with E-state index >= 15 is 0 Å². The molecule has 0 aromatic heterocycles. The van der Waals surface area contributed by atoms with Gasteiger partial charge in [0.2, 0.25) is 12.3 Å². The molecule has 152 valence electrons. The van der Waals surface area contributed by atoms with E-state index in [0.29, 0.717) is 25.1 Å². The molecule has 0 radical (unpaired) electrons. The topological polar surface area (TPSA) is 95.6 Å².